The van der Waals surface area contributed by atoms with Crippen molar-refractivity contribution in [1.29, 1.82) is 0 Å². The average molecular weight is 265 g/mol. The molecule has 102 valence electrons. The molecule has 0 saturated carbocycles. The number of anilines is 1. The van der Waals surface area contributed by atoms with Gasteiger partial charge in [-0.05, 0) is 36.4 Å². The number of halogens is 1. The molecule has 1 aromatic heterocycles. The Kier molecular flexibility index (Phi) is 3.75. The maximum Gasteiger partial charge on any atom is 0.182 e. The van der Waals surface area contributed by atoms with Crippen LogP contribution in [0.2, 0.25) is 0 Å². The second-order valence-electron chi connectivity index (χ2n) is 4.42. The highest BCUT2D eigenvalue weighted by Crippen LogP contribution is 2.25. The van der Waals surface area contributed by atoms with Crippen molar-refractivity contribution in [1.82, 2.24) is 20.2 Å². The lowest BCUT2D eigenvalue weighted by molar-refractivity contribution is 0.156. The number of benzene rings is 1. The van der Waals surface area contributed by atoms with Crippen LogP contribution in [0.1, 0.15) is 18.5 Å². The van der Waals surface area contributed by atoms with Crippen molar-refractivity contribution in [2.45, 2.75) is 19.9 Å². The number of hydrogen-bond donors (Lipinski definition) is 1. The number of nitrogen functional groups attached to an aromatic ring is 1. The van der Waals surface area contributed by atoms with E-state index in [1.165, 1.54) is 6.07 Å². The molecule has 0 radical (unpaired) electrons. The second kappa shape index (κ2) is 5.31. The summed E-state index contributed by atoms with van der Waals surface area (Å²) in [6.07, 6.45) is 0. The maximum absolute atomic E-state index is 13.7. The van der Waals surface area contributed by atoms with Crippen molar-refractivity contribution < 1.29 is 9.13 Å². The number of rotatable bonds is 4. The van der Waals surface area contributed by atoms with Crippen LogP contribution >= 0.6 is 0 Å². The van der Waals surface area contributed by atoms with E-state index in [0.29, 0.717) is 29.2 Å². The first-order valence-corrected chi connectivity index (χ1v) is 5.87. The molecule has 0 bridgehead atoms. The molecule has 0 aliphatic rings. The van der Waals surface area contributed by atoms with Gasteiger partial charge in [0.05, 0.1) is 12.6 Å². The van der Waals surface area contributed by atoms with Gasteiger partial charge in [-0.3, -0.25) is 0 Å². The van der Waals surface area contributed by atoms with Crippen LogP contribution in [-0.2, 0) is 4.74 Å². The molecular formula is C12H16FN5O. The average Bonchev–Trinajstić information content (AvgIpc) is 2.84. The molecule has 0 aliphatic heterocycles. The fraction of sp³-hybridized carbons (Fsp3) is 0.417. The Labute approximate surface area is 110 Å². The lowest BCUT2D eigenvalue weighted by Gasteiger charge is -2.13. The van der Waals surface area contributed by atoms with E-state index in [4.69, 9.17) is 10.5 Å². The fourth-order valence-corrected chi connectivity index (χ4v) is 1.82. The van der Waals surface area contributed by atoms with E-state index in [1.54, 1.807) is 24.8 Å². The molecular weight excluding hydrogens is 249 g/mol. The quantitative estimate of drug-likeness (QED) is 0.849. The SMILES string of the molecule is COCC(C)n1nnnc1-c1cc(N)c(C)c(F)c1. The van der Waals surface area contributed by atoms with Gasteiger partial charge in [-0.25, -0.2) is 9.07 Å². The molecule has 6 nitrogen and oxygen atoms in total. The summed E-state index contributed by atoms with van der Waals surface area (Å²) < 4.78 is 20.4. The smallest absolute Gasteiger partial charge is 0.182 e. The van der Waals surface area contributed by atoms with Crippen molar-refractivity contribution >= 4 is 5.69 Å². The van der Waals surface area contributed by atoms with Crippen LogP contribution < -0.4 is 5.73 Å². The van der Waals surface area contributed by atoms with Crippen molar-refractivity contribution in [2.75, 3.05) is 19.5 Å². The third-order valence-corrected chi connectivity index (χ3v) is 2.96. The molecule has 0 aliphatic carbocycles. The van der Waals surface area contributed by atoms with E-state index in [0.717, 1.165) is 0 Å². The summed E-state index contributed by atoms with van der Waals surface area (Å²) in [7, 11) is 1.60. The normalized spacial score (nSPS) is 12.6. The van der Waals surface area contributed by atoms with Gasteiger partial charge in [0.2, 0.25) is 0 Å². The zero-order valence-corrected chi connectivity index (χ0v) is 11.1. The molecule has 0 amide bonds. The number of aromatic nitrogens is 4. The van der Waals surface area contributed by atoms with Gasteiger partial charge in [0, 0.05) is 23.9 Å². The molecule has 1 unspecified atom stereocenters. The summed E-state index contributed by atoms with van der Waals surface area (Å²) in [5.74, 6) is 0.0964. The van der Waals surface area contributed by atoms with E-state index in [9.17, 15) is 4.39 Å². The highest BCUT2D eigenvalue weighted by Gasteiger charge is 2.16. The van der Waals surface area contributed by atoms with E-state index in [2.05, 4.69) is 15.5 Å². The number of nitrogens with zero attached hydrogens (tertiary/aromatic N) is 4. The Morgan fingerprint density at radius 2 is 2.21 bits per heavy atom. The summed E-state index contributed by atoms with van der Waals surface area (Å²) in [6, 6.07) is 2.99. The van der Waals surface area contributed by atoms with Crippen LogP contribution in [0.15, 0.2) is 12.1 Å². The van der Waals surface area contributed by atoms with Crippen molar-refractivity contribution in [2.24, 2.45) is 0 Å². The molecule has 7 heteroatoms. The summed E-state index contributed by atoms with van der Waals surface area (Å²) in [4.78, 5) is 0. The number of tetrazole rings is 1. The lowest BCUT2D eigenvalue weighted by Crippen LogP contribution is -2.14. The van der Waals surface area contributed by atoms with Gasteiger partial charge in [-0.1, -0.05) is 0 Å². The van der Waals surface area contributed by atoms with E-state index >= 15 is 0 Å². The predicted molar refractivity (Wildman–Crippen MR) is 68.9 cm³/mol. The number of ether oxygens (including phenoxy) is 1. The lowest BCUT2D eigenvalue weighted by atomic mass is 10.1. The zero-order chi connectivity index (χ0) is 14.0. The molecule has 0 saturated heterocycles. The number of methoxy groups -OCH3 is 1. The maximum atomic E-state index is 13.7. The Morgan fingerprint density at radius 1 is 1.47 bits per heavy atom. The molecule has 0 spiro atoms. The molecule has 19 heavy (non-hydrogen) atoms. The molecule has 2 N–H and O–H groups in total. The number of hydrogen-bond acceptors (Lipinski definition) is 5. The first-order valence-electron chi connectivity index (χ1n) is 5.87. The zero-order valence-electron chi connectivity index (χ0n) is 11.1. The Morgan fingerprint density at radius 3 is 2.84 bits per heavy atom. The van der Waals surface area contributed by atoms with Gasteiger partial charge in [0.1, 0.15) is 5.82 Å². The number of nitrogens with two attached hydrogens (primary N) is 1. The first kappa shape index (κ1) is 13.4. The molecule has 1 aromatic carbocycles. The van der Waals surface area contributed by atoms with E-state index < -0.39 is 0 Å². The first-order chi connectivity index (χ1) is 9.04. The van der Waals surface area contributed by atoms with Gasteiger partial charge in [0.15, 0.2) is 5.82 Å². The molecule has 2 rings (SSSR count). The highest BCUT2D eigenvalue weighted by atomic mass is 19.1. The molecule has 1 atom stereocenters. The van der Waals surface area contributed by atoms with Crippen LogP contribution in [0.5, 0.6) is 0 Å². The van der Waals surface area contributed by atoms with E-state index in [1.807, 2.05) is 6.92 Å². The Bertz CT molecular complexity index is 560. The van der Waals surface area contributed by atoms with Crippen LogP contribution in [0.3, 0.4) is 0 Å². The van der Waals surface area contributed by atoms with E-state index in [-0.39, 0.29) is 11.9 Å². The van der Waals surface area contributed by atoms with Crippen LogP contribution in [-0.4, -0.2) is 33.9 Å². The highest BCUT2D eigenvalue weighted by molar-refractivity contribution is 5.64. The van der Waals surface area contributed by atoms with Gasteiger partial charge >= 0.3 is 0 Å². The minimum absolute atomic E-state index is 0.0550. The van der Waals surface area contributed by atoms with Gasteiger partial charge in [-0.15, -0.1) is 5.10 Å². The largest absolute Gasteiger partial charge is 0.398 e. The van der Waals surface area contributed by atoms with Gasteiger partial charge in [-0.2, -0.15) is 0 Å². The van der Waals surface area contributed by atoms with Crippen molar-refractivity contribution in [3.63, 3.8) is 0 Å². The van der Waals surface area contributed by atoms with Crippen LogP contribution in [0, 0.1) is 12.7 Å². The summed E-state index contributed by atoms with van der Waals surface area (Å²) in [5.41, 5.74) is 7.12. The van der Waals surface area contributed by atoms with Crippen LogP contribution in [0.25, 0.3) is 11.4 Å². The third-order valence-electron chi connectivity index (χ3n) is 2.96. The molecule has 0 fully saturated rings. The molecule has 1 heterocycles. The monoisotopic (exact) mass is 265 g/mol. The summed E-state index contributed by atoms with van der Waals surface area (Å²) in [6.45, 7) is 4.00. The van der Waals surface area contributed by atoms with Crippen molar-refractivity contribution in [3.05, 3.63) is 23.5 Å². The Hall–Kier alpha value is -2.02. The fourth-order valence-electron chi connectivity index (χ4n) is 1.82. The molecule has 2 aromatic rings. The summed E-state index contributed by atoms with van der Waals surface area (Å²) in [5, 5.41) is 11.5. The standard InChI is InChI=1S/C12H16FN5O/c1-7(6-19-3)18-12(15-16-17-18)9-4-10(13)8(2)11(14)5-9/h4-5,7H,6,14H2,1-3H3. The minimum Gasteiger partial charge on any atom is -0.398 e. The van der Waals surface area contributed by atoms with Crippen molar-refractivity contribution in [3.8, 4) is 11.4 Å². The minimum atomic E-state index is -0.371. The Balaban J connectivity index is 2.45. The summed E-state index contributed by atoms with van der Waals surface area (Å²) >= 11 is 0. The second-order valence-corrected chi connectivity index (χ2v) is 4.42. The van der Waals surface area contributed by atoms with Gasteiger partial charge in [0.25, 0.3) is 0 Å². The van der Waals surface area contributed by atoms with Gasteiger partial charge < -0.3 is 10.5 Å². The predicted octanol–water partition coefficient (Wildman–Crippen LogP) is 1.58. The third kappa shape index (κ3) is 2.55. The van der Waals surface area contributed by atoms with Crippen LogP contribution in [0.4, 0.5) is 10.1 Å². The topological polar surface area (TPSA) is 78.8 Å².